The Bertz CT molecular complexity index is 500. The molecule has 0 bridgehead atoms. The zero-order valence-corrected chi connectivity index (χ0v) is 12.2. The third kappa shape index (κ3) is 4.46. The van der Waals surface area contributed by atoms with E-state index in [0.717, 1.165) is 11.1 Å². The molecule has 0 N–H and O–H groups in total. The molecule has 1 aliphatic heterocycles. The Morgan fingerprint density at radius 2 is 1.57 bits per heavy atom. The lowest BCUT2D eigenvalue weighted by molar-refractivity contribution is -0.148. The summed E-state index contributed by atoms with van der Waals surface area (Å²) in [7, 11) is 0. The van der Waals surface area contributed by atoms with Crippen LogP contribution in [0.5, 0.6) is 0 Å². The van der Waals surface area contributed by atoms with Crippen LogP contribution in [0.2, 0.25) is 0 Å². The zero-order chi connectivity index (χ0) is 15.6. The highest BCUT2D eigenvalue weighted by Gasteiger charge is 2.32. The summed E-state index contributed by atoms with van der Waals surface area (Å²) in [5, 5.41) is 0. The maximum Gasteiger partial charge on any atom is 0.401 e. The first-order chi connectivity index (χ1) is 9.74. The first-order valence-electron chi connectivity index (χ1n) is 6.91. The number of benzene rings is 1. The van der Waals surface area contributed by atoms with Crippen molar-refractivity contribution in [3.05, 3.63) is 34.9 Å². The van der Waals surface area contributed by atoms with E-state index in [1.165, 1.54) is 4.90 Å². The molecule has 1 fully saturated rings. The van der Waals surface area contributed by atoms with Crippen molar-refractivity contribution in [3.8, 4) is 0 Å². The minimum Gasteiger partial charge on any atom is -0.336 e. The first kappa shape index (κ1) is 15.8. The molecule has 0 aromatic heterocycles. The van der Waals surface area contributed by atoms with E-state index in [1.807, 2.05) is 32.0 Å². The fourth-order valence-electron chi connectivity index (χ4n) is 2.64. The average Bonchev–Trinajstić information content (AvgIpc) is 2.35. The van der Waals surface area contributed by atoms with Crippen LogP contribution in [-0.4, -0.2) is 54.6 Å². The summed E-state index contributed by atoms with van der Waals surface area (Å²) < 4.78 is 37.0. The number of halogens is 3. The van der Waals surface area contributed by atoms with Gasteiger partial charge in [0.05, 0.1) is 6.54 Å². The Morgan fingerprint density at radius 3 is 2.05 bits per heavy atom. The van der Waals surface area contributed by atoms with Gasteiger partial charge < -0.3 is 4.90 Å². The number of hydrogen-bond acceptors (Lipinski definition) is 2. The topological polar surface area (TPSA) is 23.6 Å². The number of aryl methyl sites for hydroxylation is 2. The van der Waals surface area contributed by atoms with Crippen LogP contribution < -0.4 is 0 Å². The second kappa shape index (κ2) is 6.05. The van der Waals surface area contributed by atoms with E-state index < -0.39 is 12.7 Å². The second-order valence-corrected chi connectivity index (χ2v) is 5.56. The van der Waals surface area contributed by atoms with Gasteiger partial charge in [-0.15, -0.1) is 0 Å². The van der Waals surface area contributed by atoms with E-state index >= 15 is 0 Å². The number of piperazine rings is 1. The highest BCUT2D eigenvalue weighted by atomic mass is 19.4. The molecule has 0 unspecified atom stereocenters. The van der Waals surface area contributed by atoms with Crippen LogP contribution in [0.25, 0.3) is 0 Å². The molecule has 3 nitrogen and oxygen atoms in total. The molecule has 2 rings (SSSR count). The third-order valence-corrected chi connectivity index (χ3v) is 3.53. The molecule has 21 heavy (non-hydrogen) atoms. The zero-order valence-electron chi connectivity index (χ0n) is 12.2. The summed E-state index contributed by atoms with van der Waals surface area (Å²) in [5.41, 5.74) is 2.62. The molecule has 0 radical (unpaired) electrons. The predicted molar refractivity (Wildman–Crippen MR) is 74.3 cm³/mol. The van der Waals surface area contributed by atoms with Gasteiger partial charge in [-0.1, -0.05) is 17.2 Å². The average molecular weight is 300 g/mol. The summed E-state index contributed by atoms with van der Waals surface area (Å²) in [6.45, 7) is 4.13. The molecule has 1 aromatic rings. The quantitative estimate of drug-likeness (QED) is 0.838. The van der Waals surface area contributed by atoms with E-state index in [2.05, 4.69) is 0 Å². The molecule has 1 heterocycles. The monoisotopic (exact) mass is 300 g/mol. The Morgan fingerprint density at radius 1 is 1.05 bits per heavy atom. The van der Waals surface area contributed by atoms with Gasteiger partial charge >= 0.3 is 6.18 Å². The highest BCUT2D eigenvalue weighted by Crippen LogP contribution is 2.18. The number of nitrogens with zero attached hydrogens (tertiary/aromatic N) is 2. The molecular weight excluding hydrogens is 281 g/mol. The van der Waals surface area contributed by atoms with Crippen LogP contribution in [0.3, 0.4) is 0 Å². The molecule has 0 atom stereocenters. The van der Waals surface area contributed by atoms with E-state index in [0.29, 0.717) is 18.7 Å². The third-order valence-electron chi connectivity index (χ3n) is 3.53. The fraction of sp³-hybridized carbons (Fsp3) is 0.533. The van der Waals surface area contributed by atoms with Gasteiger partial charge in [0.2, 0.25) is 0 Å². The minimum atomic E-state index is -4.18. The van der Waals surface area contributed by atoms with Crippen LogP contribution >= 0.6 is 0 Å². The summed E-state index contributed by atoms with van der Waals surface area (Å²) >= 11 is 0. The maximum atomic E-state index is 12.4. The number of amides is 1. The Kier molecular flexibility index (Phi) is 4.56. The highest BCUT2D eigenvalue weighted by molar-refractivity contribution is 5.94. The molecule has 1 aliphatic rings. The molecule has 0 spiro atoms. The standard InChI is InChI=1S/C15H19F3N2O/c1-11-7-12(2)9-13(8-11)14(21)20-5-3-19(4-6-20)10-15(16,17)18/h7-9H,3-6,10H2,1-2H3. The first-order valence-corrected chi connectivity index (χ1v) is 6.91. The van der Waals surface area contributed by atoms with E-state index in [9.17, 15) is 18.0 Å². The predicted octanol–water partition coefficient (Wildman–Crippen LogP) is 2.62. The Balaban J connectivity index is 1.97. The summed E-state index contributed by atoms with van der Waals surface area (Å²) in [5.74, 6) is -0.103. The van der Waals surface area contributed by atoms with Crippen LogP contribution in [0, 0.1) is 13.8 Å². The van der Waals surface area contributed by atoms with Gasteiger partial charge in [0.1, 0.15) is 0 Å². The smallest absolute Gasteiger partial charge is 0.336 e. The van der Waals surface area contributed by atoms with Gasteiger partial charge in [-0.3, -0.25) is 9.69 Å². The van der Waals surface area contributed by atoms with Crippen LogP contribution in [0.1, 0.15) is 21.5 Å². The van der Waals surface area contributed by atoms with Gasteiger partial charge in [0.15, 0.2) is 0 Å². The summed E-state index contributed by atoms with van der Waals surface area (Å²) in [6, 6.07) is 5.62. The van der Waals surface area contributed by atoms with Crippen molar-refractivity contribution >= 4 is 5.91 Å². The molecule has 116 valence electrons. The molecule has 6 heteroatoms. The van der Waals surface area contributed by atoms with Gasteiger partial charge in [-0.2, -0.15) is 13.2 Å². The van der Waals surface area contributed by atoms with Gasteiger partial charge in [0.25, 0.3) is 5.91 Å². The largest absolute Gasteiger partial charge is 0.401 e. The normalized spacial score (nSPS) is 17.1. The van der Waals surface area contributed by atoms with E-state index in [-0.39, 0.29) is 19.0 Å². The number of carbonyl (C=O) groups excluding carboxylic acids is 1. The molecule has 1 aromatic carbocycles. The van der Waals surface area contributed by atoms with Crippen molar-refractivity contribution in [2.75, 3.05) is 32.7 Å². The van der Waals surface area contributed by atoms with Crippen molar-refractivity contribution < 1.29 is 18.0 Å². The number of carbonyl (C=O) groups is 1. The van der Waals surface area contributed by atoms with Crippen molar-refractivity contribution in [1.82, 2.24) is 9.80 Å². The number of alkyl halides is 3. The van der Waals surface area contributed by atoms with Gasteiger partial charge in [-0.25, -0.2) is 0 Å². The maximum absolute atomic E-state index is 12.4. The van der Waals surface area contributed by atoms with E-state index in [4.69, 9.17) is 0 Å². The number of rotatable bonds is 2. The molecular formula is C15H19F3N2O. The summed E-state index contributed by atoms with van der Waals surface area (Å²) in [4.78, 5) is 15.3. The van der Waals surface area contributed by atoms with Crippen molar-refractivity contribution in [2.24, 2.45) is 0 Å². The van der Waals surface area contributed by atoms with Crippen molar-refractivity contribution in [2.45, 2.75) is 20.0 Å². The van der Waals surface area contributed by atoms with Gasteiger partial charge in [-0.05, 0) is 26.0 Å². The van der Waals surface area contributed by atoms with E-state index in [1.54, 1.807) is 4.90 Å². The number of hydrogen-bond donors (Lipinski definition) is 0. The lowest BCUT2D eigenvalue weighted by Crippen LogP contribution is -2.50. The van der Waals surface area contributed by atoms with Gasteiger partial charge in [0, 0.05) is 31.7 Å². The second-order valence-electron chi connectivity index (χ2n) is 5.56. The Labute approximate surface area is 122 Å². The summed E-state index contributed by atoms with van der Waals surface area (Å²) in [6.07, 6.45) is -4.18. The van der Waals surface area contributed by atoms with Crippen molar-refractivity contribution in [3.63, 3.8) is 0 Å². The van der Waals surface area contributed by atoms with Crippen LogP contribution in [0.15, 0.2) is 18.2 Å². The molecule has 1 saturated heterocycles. The lowest BCUT2D eigenvalue weighted by atomic mass is 10.1. The fourth-order valence-corrected chi connectivity index (χ4v) is 2.64. The molecule has 0 saturated carbocycles. The molecule has 1 amide bonds. The molecule has 0 aliphatic carbocycles. The Hall–Kier alpha value is -1.56. The lowest BCUT2D eigenvalue weighted by Gasteiger charge is -2.35. The van der Waals surface area contributed by atoms with Crippen LogP contribution in [0.4, 0.5) is 13.2 Å². The SMILES string of the molecule is Cc1cc(C)cc(C(=O)N2CCN(CC(F)(F)F)CC2)c1. The van der Waals surface area contributed by atoms with Crippen molar-refractivity contribution in [1.29, 1.82) is 0 Å². The minimum absolute atomic E-state index is 0.103. The van der Waals surface area contributed by atoms with Crippen LogP contribution in [-0.2, 0) is 0 Å².